The van der Waals surface area contributed by atoms with E-state index in [1.807, 2.05) is 37.4 Å². The molecule has 0 radical (unpaired) electrons. The number of likely N-dealkylation sites (N-methyl/N-ethyl adjacent to an activating group) is 1. The first-order valence-electron chi connectivity index (χ1n) is 7.83. The van der Waals surface area contributed by atoms with E-state index in [2.05, 4.69) is 22.3 Å². The molecule has 0 aliphatic heterocycles. The first kappa shape index (κ1) is 15.5. The Morgan fingerprint density at radius 1 is 1.39 bits per heavy atom. The lowest BCUT2D eigenvalue weighted by atomic mass is 10.2. The molecular weight excluding hydrogens is 294 g/mol. The molecule has 7 nitrogen and oxygen atoms in total. The van der Waals surface area contributed by atoms with Gasteiger partial charge in [-0.15, -0.1) is 10.2 Å². The Bertz CT molecular complexity index is 654. The number of para-hydroxylation sites is 1. The Hall–Kier alpha value is -2.44. The molecule has 0 spiro atoms. The highest BCUT2D eigenvalue weighted by molar-refractivity contribution is 5.75. The molecule has 0 saturated heterocycles. The van der Waals surface area contributed by atoms with Gasteiger partial charge in [-0.25, -0.2) is 0 Å². The highest BCUT2D eigenvalue weighted by atomic mass is 16.5. The van der Waals surface area contributed by atoms with Crippen LogP contribution in [0.25, 0.3) is 0 Å². The molecule has 7 heteroatoms. The van der Waals surface area contributed by atoms with Crippen LogP contribution in [0.5, 0.6) is 5.75 Å². The molecule has 122 valence electrons. The third-order valence-electron chi connectivity index (χ3n) is 4.19. The van der Waals surface area contributed by atoms with Crippen molar-refractivity contribution in [3.63, 3.8) is 0 Å². The van der Waals surface area contributed by atoms with Gasteiger partial charge < -0.3 is 9.64 Å². The highest BCUT2D eigenvalue weighted by Gasteiger charge is 2.32. The zero-order chi connectivity index (χ0) is 16.2. The highest BCUT2D eigenvalue weighted by Crippen LogP contribution is 2.34. The Kier molecular flexibility index (Phi) is 4.55. The lowest BCUT2D eigenvalue weighted by molar-refractivity contribution is -0.133. The maximum absolute atomic E-state index is 12.2. The molecule has 3 rings (SSSR count). The van der Waals surface area contributed by atoms with Crippen LogP contribution >= 0.6 is 0 Å². The van der Waals surface area contributed by atoms with E-state index in [9.17, 15) is 4.79 Å². The van der Waals surface area contributed by atoms with Crippen LogP contribution in [0.15, 0.2) is 30.3 Å². The van der Waals surface area contributed by atoms with Gasteiger partial charge in [-0.3, -0.25) is 4.79 Å². The first-order chi connectivity index (χ1) is 11.1. The van der Waals surface area contributed by atoms with Crippen molar-refractivity contribution in [2.75, 3.05) is 7.05 Å². The second-order valence-electron chi connectivity index (χ2n) is 5.92. The first-order valence-corrected chi connectivity index (χ1v) is 7.83. The average Bonchev–Trinajstić information content (AvgIpc) is 3.33. The fourth-order valence-electron chi connectivity index (χ4n) is 2.42. The zero-order valence-corrected chi connectivity index (χ0v) is 13.4. The normalized spacial score (nSPS) is 15.2. The van der Waals surface area contributed by atoms with Gasteiger partial charge in [-0.05, 0) is 43.0 Å². The lowest BCUT2D eigenvalue weighted by Crippen LogP contribution is -2.38. The second-order valence-corrected chi connectivity index (χ2v) is 5.92. The summed E-state index contributed by atoms with van der Waals surface area (Å²) in [6.45, 7) is 2.42. The van der Waals surface area contributed by atoms with Gasteiger partial charge in [0.05, 0.1) is 0 Å². The third-order valence-corrected chi connectivity index (χ3v) is 4.19. The predicted molar refractivity (Wildman–Crippen MR) is 83.5 cm³/mol. The summed E-state index contributed by atoms with van der Waals surface area (Å²) in [5.41, 5.74) is 0. The molecule has 1 amide bonds. The second kappa shape index (κ2) is 6.76. The molecule has 1 saturated carbocycles. The van der Waals surface area contributed by atoms with E-state index >= 15 is 0 Å². The van der Waals surface area contributed by atoms with Crippen molar-refractivity contribution in [1.29, 1.82) is 0 Å². The number of tetrazole rings is 1. The molecule has 1 aliphatic carbocycles. The summed E-state index contributed by atoms with van der Waals surface area (Å²) in [5.74, 6) is 1.84. The van der Waals surface area contributed by atoms with Crippen molar-refractivity contribution < 1.29 is 9.53 Å². The van der Waals surface area contributed by atoms with Crippen LogP contribution in [0.1, 0.15) is 25.6 Å². The number of carbonyl (C=O) groups is 1. The van der Waals surface area contributed by atoms with E-state index in [1.54, 1.807) is 4.90 Å². The van der Waals surface area contributed by atoms with Gasteiger partial charge in [0.1, 0.15) is 12.3 Å². The molecule has 1 atom stereocenters. The lowest BCUT2D eigenvalue weighted by Gasteiger charge is -2.24. The maximum Gasteiger partial charge on any atom is 0.246 e. The maximum atomic E-state index is 12.2. The summed E-state index contributed by atoms with van der Waals surface area (Å²) >= 11 is 0. The van der Waals surface area contributed by atoms with Gasteiger partial charge in [0.25, 0.3) is 0 Å². The van der Waals surface area contributed by atoms with Crippen LogP contribution in [0.3, 0.4) is 0 Å². The van der Waals surface area contributed by atoms with Gasteiger partial charge in [0.2, 0.25) is 11.7 Å². The van der Waals surface area contributed by atoms with Crippen molar-refractivity contribution in [3.05, 3.63) is 36.2 Å². The Morgan fingerprint density at radius 2 is 2.13 bits per heavy atom. The molecule has 1 aromatic carbocycles. The molecule has 23 heavy (non-hydrogen) atoms. The number of hydrogen-bond donors (Lipinski definition) is 0. The van der Waals surface area contributed by atoms with E-state index in [4.69, 9.17) is 4.74 Å². The molecule has 1 fully saturated rings. The van der Waals surface area contributed by atoms with Crippen molar-refractivity contribution in [1.82, 2.24) is 25.1 Å². The third kappa shape index (κ3) is 4.06. The van der Waals surface area contributed by atoms with Crippen molar-refractivity contribution >= 4 is 5.91 Å². The largest absolute Gasteiger partial charge is 0.485 e. The number of aromatic nitrogens is 4. The van der Waals surface area contributed by atoms with Gasteiger partial charge >= 0.3 is 0 Å². The standard InChI is InChI=1S/C16H21N5O2/c1-12(13-8-9-13)20(2)16(22)10-21-18-15(17-19-21)11-23-14-6-4-3-5-7-14/h3-7,12-13H,8-11H2,1-2H3/t12-/m1/s1. The van der Waals surface area contributed by atoms with E-state index in [0.29, 0.717) is 11.7 Å². The number of nitrogens with zero attached hydrogens (tertiary/aromatic N) is 5. The minimum Gasteiger partial charge on any atom is -0.485 e. The zero-order valence-electron chi connectivity index (χ0n) is 13.4. The number of carbonyl (C=O) groups excluding carboxylic acids is 1. The summed E-state index contributed by atoms with van der Waals surface area (Å²) in [6.07, 6.45) is 2.42. The van der Waals surface area contributed by atoms with Crippen molar-refractivity contribution in [2.45, 2.75) is 39.0 Å². The van der Waals surface area contributed by atoms with E-state index in [0.717, 1.165) is 5.75 Å². The Balaban J connectivity index is 1.51. The van der Waals surface area contributed by atoms with Gasteiger partial charge in [0, 0.05) is 13.1 Å². The van der Waals surface area contributed by atoms with Crippen LogP contribution in [0.4, 0.5) is 0 Å². The van der Waals surface area contributed by atoms with E-state index < -0.39 is 0 Å². The summed E-state index contributed by atoms with van der Waals surface area (Å²) < 4.78 is 5.56. The summed E-state index contributed by atoms with van der Waals surface area (Å²) in [6, 6.07) is 9.72. The molecule has 1 aliphatic rings. The monoisotopic (exact) mass is 315 g/mol. The minimum absolute atomic E-state index is 0.00247. The number of benzene rings is 1. The van der Waals surface area contributed by atoms with Crippen molar-refractivity contribution in [3.8, 4) is 5.75 Å². The topological polar surface area (TPSA) is 73.1 Å². The van der Waals surface area contributed by atoms with E-state index in [1.165, 1.54) is 17.6 Å². The fourth-order valence-corrected chi connectivity index (χ4v) is 2.42. The summed E-state index contributed by atoms with van der Waals surface area (Å²) in [5, 5.41) is 12.0. The van der Waals surface area contributed by atoms with Gasteiger partial charge in [-0.1, -0.05) is 18.2 Å². The fraction of sp³-hybridized carbons (Fsp3) is 0.500. The average molecular weight is 315 g/mol. The summed E-state index contributed by atoms with van der Waals surface area (Å²) in [7, 11) is 1.83. The SMILES string of the molecule is C[C@H](C1CC1)N(C)C(=O)Cn1nnc(COc2ccccc2)n1. The van der Waals surface area contributed by atoms with Crippen LogP contribution < -0.4 is 4.74 Å². The quantitative estimate of drug-likeness (QED) is 0.774. The van der Waals surface area contributed by atoms with E-state index in [-0.39, 0.29) is 25.1 Å². The van der Waals surface area contributed by atoms with Crippen LogP contribution in [0, 0.1) is 5.92 Å². The predicted octanol–water partition coefficient (Wildman–Crippen LogP) is 1.51. The van der Waals surface area contributed by atoms with Gasteiger partial charge in [0.15, 0.2) is 6.61 Å². The van der Waals surface area contributed by atoms with Crippen LogP contribution in [0.2, 0.25) is 0 Å². The van der Waals surface area contributed by atoms with Crippen molar-refractivity contribution in [2.24, 2.45) is 5.92 Å². The molecule has 0 bridgehead atoms. The Morgan fingerprint density at radius 3 is 2.83 bits per heavy atom. The van der Waals surface area contributed by atoms with Gasteiger partial charge in [-0.2, -0.15) is 4.80 Å². The van der Waals surface area contributed by atoms with Crippen LogP contribution in [-0.2, 0) is 17.9 Å². The number of rotatable bonds is 7. The summed E-state index contributed by atoms with van der Waals surface area (Å²) in [4.78, 5) is 15.3. The molecule has 2 aromatic rings. The molecule has 0 unspecified atom stereocenters. The number of amides is 1. The van der Waals surface area contributed by atoms with Crippen LogP contribution in [-0.4, -0.2) is 44.1 Å². The molecular formula is C16H21N5O2. The minimum atomic E-state index is -0.00247. The molecule has 1 heterocycles. The smallest absolute Gasteiger partial charge is 0.246 e. The molecule has 0 N–H and O–H groups in total. The number of hydrogen-bond acceptors (Lipinski definition) is 5. The Labute approximate surface area is 135 Å². The molecule has 1 aromatic heterocycles. The number of ether oxygens (including phenoxy) is 1.